The van der Waals surface area contributed by atoms with E-state index in [1.807, 2.05) is 70.2 Å². The number of allylic oxidation sites excluding steroid dienone is 1. The topological polar surface area (TPSA) is 136 Å². The number of carbonyl (C=O) groups excluding carboxylic acids is 3. The van der Waals surface area contributed by atoms with Crippen molar-refractivity contribution in [3.05, 3.63) is 95.8 Å². The minimum Gasteiger partial charge on any atom is -0.486 e. The summed E-state index contributed by atoms with van der Waals surface area (Å²) in [5, 5.41) is 5.84. The molecule has 0 saturated carbocycles. The highest BCUT2D eigenvalue weighted by atomic mass is 19.1. The number of imide groups is 1. The molecule has 4 aromatic rings. The van der Waals surface area contributed by atoms with Gasteiger partial charge in [0.2, 0.25) is 12.4 Å². The van der Waals surface area contributed by atoms with E-state index in [9.17, 15) is 14.4 Å². The second-order valence-corrected chi connectivity index (χ2v) is 16.8. The number of rotatable bonds is 15. The molecule has 1 atom stereocenters. The summed E-state index contributed by atoms with van der Waals surface area (Å²) in [7, 11) is 3.75. The first-order valence-corrected chi connectivity index (χ1v) is 22.0. The number of aromatic nitrogens is 3. The van der Waals surface area contributed by atoms with Crippen LogP contribution in [0.25, 0.3) is 11.3 Å². The van der Waals surface area contributed by atoms with Crippen molar-refractivity contribution >= 4 is 41.7 Å². The summed E-state index contributed by atoms with van der Waals surface area (Å²) in [4.78, 5) is 58.2. The zero-order chi connectivity index (χ0) is 45.0. The summed E-state index contributed by atoms with van der Waals surface area (Å²) >= 11 is 0. The Kier molecular flexibility index (Phi) is 16.3. The second kappa shape index (κ2) is 22.0. The maximum Gasteiger partial charge on any atom is 0.261 e. The monoisotopic (exact) mass is 865 g/mol. The summed E-state index contributed by atoms with van der Waals surface area (Å²) in [6.45, 7) is 15.4. The van der Waals surface area contributed by atoms with Gasteiger partial charge in [-0.15, -0.1) is 6.58 Å². The van der Waals surface area contributed by atoms with E-state index in [2.05, 4.69) is 48.0 Å². The smallest absolute Gasteiger partial charge is 0.261 e. The molecule has 5 heterocycles. The van der Waals surface area contributed by atoms with Crippen LogP contribution in [0.1, 0.15) is 79.8 Å². The molecule has 0 radical (unpaired) electrons. The molecular weight excluding hydrogens is 805 g/mol. The Hall–Kier alpha value is -5.80. The summed E-state index contributed by atoms with van der Waals surface area (Å²) in [5.74, 6) is 0.135. The SMILES string of the molecule is C=CCCC(C=O)N(C=O)C(=O)c1cc(N2CCC(CN3CCC(c4ccc(Nc5ncc(F)c(-c6cc(F)c7c(c6)N(C(C)C)CCO7)n5)nc4)CC3)CC2)ccc1C.CNC. The van der Waals surface area contributed by atoms with Gasteiger partial charge in [0.1, 0.15) is 24.4 Å². The minimum absolute atomic E-state index is 0.0137. The third-order valence-corrected chi connectivity index (χ3v) is 12.1. The zero-order valence-electron chi connectivity index (χ0n) is 37.2. The molecule has 0 bridgehead atoms. The summed E-state index contributed by atoms with van der Waals surface area (Å²) < 4.78 is 35.8. The van der Waals surface area contributed by atoms with Crippen LogP contribution >= 0.6 is 0 Å². The molecule has 2 amide bonds. The lowest BCUT2D eigenvalue weighted by Gasteiger charge is -2.38. The highest BCUT2D eigenvalue weighted by Crippen LogP contribution is 2.40. The number of hydrogen-bond acceptors (Lipinski definition) is 12. The molecule has 7 rings (SSSR count). The van der Waals surface area contributed by atoms with E-state index in [1.165, 1.54) is 11.6 Å². The van der Waals surface area contributed by atoms with Crippen LogP contribution in [-0.2, 0) is 9.59 Å². The summed E-state index contributed by atoms with van der Waals surface area (Å²) in [6, 6.07) is 12.0. The van der Waals surface area contributed by atoms with Crippen molar-refractivity contribution in [2.24, 2.45) is 5.92 Å². The molecule has 3 aliphatic rings. The van der Waals surface area contributed by atoms with Gasteiger partial charge in [0.25, 0.3) is 5.91 Å². The second-order valence-electron chi connectivity index (χ2n) is 16.8. The van der Waals surface area contributed by atoms with Crippen LogP contribution in [0, 0.1) is 24.5 Å². The van der Waals surface area contributed by atoms with Crippen LogP contribution < -0.4 is 25.2 Å². The molecule has 3 aliphatic heterocycles. The van der Waals surface area contributed by atoms with E-state index in [-0.39, 0.29) is 23.4 Å². The van der Waals surface area contributed by atoms with Crippen molar-refractivity contribution < 1.29 is 27.9 Å². The normalized spacial score (nSPS) is 16.3. The number of nitrogens with one attached hydrogen (secondary N) is 2. The number of amides is 2. The maximum absolute atomic E-state index is 15.2. The Balaban J connectivity index is 0.00000214. The lowest BCUT2D eigenvalue weighted by atomic mass is 9.89. The van der Waals surface area contributed by atoms with Gasteiger partial charge >= 0.3 is 0 Å². The molecule has 1 unspecified atom stereocenters. The Morgan fingerprint density at radius 3 is 2.37 bits per heavy atom. The predicted molar refractivity (Wildman–Crippen MR) is 244 cm³/mol. The molecule has 2 N–H and O–H groups in total. The number of hydrogen-bond donors (Lipinski definition) is 2. The Morgan fingerprint density at radius 2 is 1.71 bits per heavy atom. The first kappa shape index (κ1) is 46.7. The fourth-order valence-corrected chi connectivity index (χ4v) is 8.64. The quantitative estimate of drug-likeness (QED) is 0.0903. The van der Waals surface area contributed by atoms with E-state index in [0.29, 0.717) is 73.2 Å². The van der Waals surface area contributed by atoms with Crippen LogP contribution in [0.4, 0.5) is 31.9 Å². The van der Waals surface area contributed by atoms with Gasteiger partial charge in [-0.1, -0.05) is 18.2 Å². The zero-order valence-corrected chi connectivity index (χ0v) is 37.2. The van der Waals surface area contributed by atoms with Gasteiger partial charge in [0, 0.05) is 48.7 Å². The lowest BCUT2D eigenvalue weighted by Crippen LogP contribution is -2.42. The van der Waals surface area contributed by atoms with Crippen molar-refractivity contribution in [2.45, 2.75) is 77.3 Å². The van der Waals surface area contributed by atoms with Crippen molar-refractivity contribution in [1.29, 1.82) is 0 Å². The predicted octanol–water partition coefficient (Wildman–Crippen LogP) is 7.54. The fraction of sp³-hybridized carbons (Fsp3) is 0.458. The number of nitrogens with zero attached hydrogens (tertiary/aromatic N) is 7. The number of aldehydes is 1. The van der Waals surface area contributed by atoms with Gasteiger partial charge in [-0.3, -0.25) is 14.5 Å². The third-order valence-electron chi connectivity index (χ3n) is 12.1. The lowest BCUT2D eigenvalue weighted by molar-refractivity contribution is -0.123. The molecule has 0 spiro atoms. The maximum atomic E-state index is 15.2. The molecular formula is C48H61F2N9O4. The third kappa shape index (κ3) is 11.4. The van der Waals surface area contributed by atoms with Crippen molar-refractivity contribution in [3.8, 4) is 17.0 Å². The number of piperidine rings is 2. The van der Waals surface area contributed by atoms with E-state index >= 15 is 8.78 Å². The highest BCUT2D eigenvalue weighted by molar-refractivity contribution is 6.03. The average molecular weight is 866 g/mol. The first-order chi connectivity index (χ1) is 30.5. The van der Waals surface area contributed by atoms with Gasteiger partial charge in [-0.25, -0.2) is 23.7 Å². The molecule has 13 nitrogen and oxygen atoms in total. The Labute approximate surface area is 369 Å². The molecule has 336 valence electrons. The molecule has 15 heteroatoms. The number of benzene rings is 2. The summed E-state index contributed by atoms with van der Waals surface area (Å²) in [6.07, 6.45) is 10.8. The number of aryl methyl sites for hydroxylation is 1. The molecule has 2 fully saturated rings. The van der Waals surface area contributed by atoms with E-state index in [0.717, 1.165) is 80.8 Å². The van der Waals surface area contributed by atoms with Gasteiger partial charge in [0.15, 0.2) is 17.4 Å². The van der Waals surface area contributed by atoms with Crippen LogP contribution in [-0.4, -0.2) is 115 Å². The molecule has 2 saturated heterocycles. The van der Waals surface area contributed by atoms with Gasteiger partial charge in [-0.2, -0.15) is 0 Å². The largest absolute Gasteiger partial charge is 0.486 e. The summed E-state index contributed by atoms with van der Waals surface area (Å²) in [5.41, 5.74) is 4.17. The first-order valence-electron chi connectivity index (χ1n) is 22.0. The molecule has 2 aromatic carbocycles. The molecule has 2 aromatic heterocycles. The Morgan fingerprint density at radius 1 is 0.968 bits per heavy atom. The minimum atomic E-state index is -0.828. The van der Waals surface area contributed by atoms with E-state index in [1.54, 1.807) is 12.1 Å². The van der Waals surface area contributed by atoms with Gasteiger partial charge in [0.05, 0.1) is 24.5 Å². The molecule has 63 heavy (non-hydrogen) atoms. The highest BCUT2D eigenvalue weighted by Gasteiger charge is 2.29. The van der Waals surface area contributed by atoms with Gasteiger partial charge in [-0.05, 0) is 140 Å². The van der Waals surface area contributed by atoms with E-state index < -0.39 is 23.6 Å². The van der Waals surface area contributed by atoms with Crippen LogP contribution in [0.3, 0.4) is 0 Å². The number of pyridine rings is 1. The fourth-order valence-electron chi connectivity index (χ4n) is 8.64. The number of halogens is 2. The number of fused-ring (bicyclic) bond motifs is 1. The van der Waals surface area contributed by atoms with Crippen molar-refractivity contribution in [2.75, 3.05) is 75.1 Å². The van der Waals surface area contributed by atoms with Crippen LogP contribution in [0.15, 0.2) is 67.5 Å². The number of anilines is 4. The average Bonchev–Trinajstić information content (AvgIpc) is 3.29. The number of carbonyl (C=O) groups is 3. The standard InChI is InChI=1S/C46H54F2N8O4.C2H7N/c1-5-6-7-37(28-57)56(29-58)45(59)38-24-36(10-8-31(38)4)54-18-12-32(13-19-54)27-53-16-14-33(15-17-53)34-9-11-42(49-25-34)51-46-50-26-40(48)43(52-46)35-22-39(47)44-41(23-35)55(30(2)3)20-21-60-44;1-3-2/h5,8-11,22-26,28-30,32-33,37H,1,6-7,12-21,27H2,2-4H3,(H,49,50,51,52);3H,1-2H3. The van der Waals surface area contributed by atoms with Crippen molar-refractivity contribution in [3.63, 3.8) is 0 Å². The van der Waals surface area contributed by atoms with Crippen molar-refractivity contribution in [1.82, 2.24) is 30.1 Å². The number of likely N-dealkylation sites (tertiary alicyclic amines) is 1. The Bertz CT molecular complexity index is 2190. The van der Waals surface area contributed by atoms with Crippen LogP contribution in [0.2, 0.25) is 0 Å². The van der Waals surface area contributed by atoms with E-state index in [4.69, 9.17) is 4.74 Å². The number of ether oxygens (including phenoxy) is 1. The molecule has 0 aliphatic carbocycles. The van der Waals surface area contributed by atoms with Crippen LogP contribution in [0.5, 0.6) is 5.75 Å². The van der Waals surface area contributed by atoms with Gasteiger partial charge < -0.3 is 34.9 Å².